The summed E-state index contributed by atoms with van der Waals surface area (Å²) in [5, 5.41) is 4.53. The molecule has 3 nitrogen and oxygen atoms in total. The van der Waals surface area contributed by atoms with Gasteiger partial charge in [0.2, 0.25) is 5.91 Å². The number of aryl methyl sites for hydroxylation is 1. The van der Waals surface area contributed by atoms with E-state index in [0.717, 1.165) is 25.7 Å². The summed E-state index contributed by atoms with van der Waals surface area (Å²) in [6.45, 7) is 2.05. The van der Waals surface area contributed by atoms with Crippen LogP contribution >= 0.6 is 0 Å². The van der Waals surface area contributed by atoms with Crippen molar-refractivity contribution in [1.82, 2.24) is 9.88 Å². The zero-order chi connectivity index (χ0) is 14.1. The van der Waals surface area contributed by atoms with Crippen molar-refractivity contribution in [2.24, 2.45) is 7.05 Å². The van der Waals surface area contributed by atoms with Crippen molar-refractivity contribution in [3.05, 3.63) is 35.5 Å². The van der Waals surface area contributed by atoms with Crippen molar-refractivity contribution in [3.63, 3.8) is 0 Å². The number of carbonyl (C=O) groups is 1. The lowest BCUT2D eigenvalue weighted by molar-refractivity contribution is -0.121. The topological polar surface area (TPSA) is 34.0 Å². The monoisotopic (exact) mass is 270 g/mol. The number of rotatable bonds is 3. The summed E-state index contributed by atoms with van der Waals surface area (Å²) < 4.78 is 2.29. The third kappa shape index (κ3) is 2.11. The predicted molar refractivity (Wildman–Crippen MR) is 81.6 cm³/mol. The normalized spacial score (nSPS) is 18.0. The Morgan fingerprint density at radius 3 is 3.00 bits per heavy atom. The van der Waals surface area contributed by atoms with Gasteiger partial charge in [-0.3, -0.25) is 4.79 Å². The fourth-order valence-electron chi connectivity index (χ4n) is 3.42. The Hall–Kier alpha value is -1.77. The molecule has 1 aliphatic carbocycles. The molecule has 0 saturated carbocycles. The van der Waals surface area contributed by atoms with Gasteiger partial charge in [0.05, 0.1) is 6.04 Å². The van der Waals surface area contributed by atoms with E-state index in [0.29, 0.717) is 6.42 Å². The molecule has 0 radical (unpaired) electrons. The van der Waals surface area contributed by atoms with Gasteiger partial charge in [-0.25, -0.2) is 0 Å². The fourth-order valence-corrected chi connectivity index (χ4v) is 3.42. The molecule has 1 aromatic carbocycles. The summed E-state index contributed by atoms with van der Waals surface area (Å²) in [5.41, 5.74) is 4.01. The summed E-state index contributed by atoms with van der Waals surface area (Å²) in [6, 6.07) is 8.70. The van der Waals surface area contributed by atoms with Crippen molar-refractivity contribution in [2.45, 2.75) is 45.1 Å². The first-order chi connectivity index (χ1) is 9.72. The lowest BCUT2D eigenvalue weighted by Crippen LogP contribution is -2.30. The molecular formula is C17H22N2O. The number of fused-ring (bicyclic) bond motifs is 3. The largest absolute Gasteiger partial charge is 0.349 e. The van der Waals surface area contributed by atoms with Gasteiger partial charge in [0, 0.05) is 35.6 Å². The van der Waals surface area contributed by atoms with E-state index in [1.807, 2.05) is 6.92 Å². The maximum absolute atomic E-state index is 11.9. The van der Waals surface area contributed by atoms with E-state index in [2.05, 4.69) is 41.2 Å². The molecule has 1 atom stereocenters. The number of benzene rings is 1. The van der Waals surface area contributed by atoms with E-state index < -0.39 is 0 Å². The Labute approximate surface area is 120 Å². The quantitative estimate of drug-likeness (QED) is 0.910. The van der Waals surface area contributed by atoms with Gasteiger partial charge >= 0.3 is 0 Å². The summed E-state index contributed by atoms with van der Waals surface area (Å²) in [4.78, 5) is 11.9. The van der Waals surface area contributed by atoms with Crippen molar-refractivity contribution in [1.29, 1.82) is 0 Å². The van der Waals surface area contributed by atoms with Gasteiger partial charge in [-0.2, -0.15) is 0 Å². The van der Waals surface area contributed by atoms with Crippen molar-refractivity contribution in [2.75, 3.05) is 0 Å². The second-order valence-corrected chi connectivity index (χ2v) is 5.70. The average Bonchev–Trinajstić information content (AvgIpc) is 2.74. The van der Waals surface area contributed by atoms with Crippen molar-refractivity contribution >= 4 is 16.8 Å². The van der Waals surface area contributed by atoms with Gasteiger partial charge in [-0.05, 0) is 31.7 Å². The van der Waals surface area contributed by atoms with Crippen LogP contribution in [0.2, 0.25) is 0 Å². The van der Waals surface area contributed by atoms with Crippen LogP contribution in [0, 0.1) is 0 Å². The summed E-state index contributed by atoms with van der Waals surface area (Å²) in [7, 11) is 2.14. The molecule has 1 amide bonds. The van der Waals surface area contributed by atoms with Crippen LogP contribution in [0.15, 0.2) is 24.3 Å². The number of nitrogens with one attached hydrogen (secondary N) is 1. The van der Waals surface area contributed by atoms with Crippen LogP contribution in [-0.4, -0.2) is 10.5 Å². The number of amides is 1. The zero-order valence-electron chi connectivity index (χ0n) is 12.3. The van der Waals surface area contributed by atoms with E-state index in [1.165, 1.54) is 22.2 Å². The molecule has 0 aliphatic heterocycles. The van der Waals surface area contributed by atoms with E-state index in [4.69, 9.17) is 0 Å². The van der Waals surface area contributed by atoms with Gasteiger partial charge in [-0.1, -0.05) is 25.1 Å². The number of hydrogen-bond acceptors (Lipinski definition) is 1. The van der Waals surface area contributed by atoms with Crippen LogP contribution in [0.25, 0.3) is 10.9 Å². The van der Waals surface area contributed by atoms with Crippen LogP contribution in [0.3, 0.4) is 0 Å². The Balaban J connectivity index is 2.03. The van der Waals surface area contributed by atoms with Crippen LogP contribution in [0.5, 0.6) is 0 Å². The highest BCUT2D eigenvalue weighted by Gasteiger charge is 2.27. The van der Waals surface area contributed by atoms with Crippen LogP contribution in [0.4, 0.5) is 0 Å². The Kier molecular flexibility index (Phi) is 3.51. The standard InChI is InChI=1S/C17H22N2O/c1-3-7-16(20)18-13-9-6-11-15-17(13)12-8-4-5-10-14(12)19(15)2/h4-5,8,10,13H,3,6-7,9,11H2,1-2H3,(H,18,20). The van der Waals surface area contributed by atoms with Crippen LogP contribution < -0.4 is 5.32 Å². The van der Waals surface area contributed by atoms with Crippen LogP contribution in [0.1, 0.15) is 49.9 Å². The number of hydrogen-bond donors (Lipinski definition) is 1. The molecule has 0 spiro atoms. The SMILES string of the molecule is CCCC(=O)NC1CCCc2c1c1ccccc1n2C. The van der Waals surface area contributed by atoms with E-state index in [-0.39, 0.29) is 11.9 Å². The first-order valence-electron chi connectivity index (χ1n) is 7.58. The molecule has 1 unspecified atom stereocenters. The molecule has 20 heavy (non-hydrogen) atoms. The lowest BCUT2D eigenvalue weighted by Gasteiger charge is -2.25. The first-order valence-corrected chi connectivity index (χ1v) is 7.58. The zero-order valence-corrected chi connectivity index (χ0v) is 12.3. The number of carbonyl (C=O) groups excluding carboxylic acids is 1. The molecule has 1 aliphatic rings. The minimum atomic E-state index is 0.179. The maximum Gasteiger partial charge on any atom is 0.220 e. The van der Waals surface area contributed by atoms with E-state index >= 15 is 0 Å². The number of para-hydroxylation sites is 1. The van der Waals surface area contributed by atoms with E-state index in [9.17, 15) is 4.79 Å². The van der Waals surface area contributed by atoms with Gasteiger partial charge in [0.1, 0.15) is 0 Å². The summed E-state index contributed by atoms with van der Waals surface area (Å²) >= 11 is 0. The highest BCUT2D eigenvalue weighted by atomic mass is 16.1. The molecule has 106 valence electrons. The maximum atomic E-state index is 11.9. The second-order valence-electron chi connectivity index (χ2n) is 5.70. The van der Waals surface area contributed by atoms with E-state index in [1.54, 1.807) is 0 Å². The molecule has 1 N–H and O–H groups in total. The number of aromatic nitrogens is 1. The third-order valence-electron chi connectivity index (χ3n) is 4.34. The van der Waals surface area contributed by atoms with Crippen molar-refractivity contribution in [3.8, 4) is 0 Å². The predicted octanol–water partition coefficient (Wildman–Crippen LogP) is 3.47. The second kappa shape index (κ2) is 5.31. The number of nitrogens with zero attached hydrogens (tertiary/aromatic N) is 1. The Morgan fingerprint density at radius 2 is 2.20 bits per heavy atom. The van der Waals surface area contributed by atoms with Crippen molar-refractivity contribution < 1.29 is 4.79 Å². The molecule has 1 heterocycles. The Morgan fingerprint density at radius 1 is 1.40 bits per heavy atom. The third-order valence-corrected chi connectivity index (χ3v) is 4.34. The smallest absolute Gasteiger partial charge is 0.220 e. The lowest BCUT2D eigenvalue weighted by atomic mass is 9.90. The molecule has 3 heteroatoms. The molecule has 0 bridgehead atoms. The minimum absolute atomic E-state index is 0.179. The van der Waals surface area contributed by atoms with Gasteiger partial charge in [-0.15, -0.1) is 0 Å². The molecule has 1 aromatic heterocycles. The van der Waals surface area contributed by atoms with Gasteiger partial charge < -0.3 is 9.88 Å². The van der Waals surface area contributed by atoms with Gasteiger partial charge in [0.25, 0.3) is 0 Å². The highest BCUT2D eigenvalue weighted by Crippen LogP contribution is 2.37. The summed E-state index contributed by atoms with van der Waals surface area (Å²) in [6.07, 6.45) is 4.84. The Bertz CT molecular complexity index is 642. The fraction of sp³-hybridized carbons (Fsp3) is 0.471. The van der Waals surface area contributed by atoms with Crippen LogP contribution in [-0.2, 0) is 18.3 Å². The molecule has 0 saturated heterocycles. The molecule has 0 fully saturated rings. The van der Waals surface area contributed by atoms with Gasteiger partial charge in [0.15, 0.2) is 0 Å². The summed E-state index contributed by atoms with van der Waals surface area (Å²) in [5.74, 6) is 0.179. The highest BCUT2D eigenvalue weighted by molar-refractivity contribution is 5.87. The minimum Gasteiger partial charge on any atom is -0.349 e. The first kappa shape index (κ1) is 13.2. The molecular weight excluding hydrogens is 248 g/mol. The average molecular weight is 270 g/mol. The molecule has 2 aromatic rings. The molecule has 3 rings (SSSR count).